The summed E-state index contributed by atoms with van der Waals surface area (Å²) in [5.74, 6) is -0.663. The lowest BCUT2D eigenvalue weighted by Crippen LogP contribution is -2.40. The van der Waals surface area contributed by atoms with E-state index in [4.69, 9.17) is 13.9 Å². The highest BCUT2D eigenvalue weighted by Crippen LogP contribution is 2.36. The van der Waals surface area contributed by atoms with Crippen molar-refractivity contribution in [3.8, 4) is 23.0 Å². The van der Waals surface area contributed by atoms with Crippen LogP contribution in [0.4, 0.5) is 8.78 Å². The van der Waals surface area contributed by atoms with Gasteiger partial charge in [0.2, 0.25) is 18.6 Å². The van der Waals surface area contributed by atoms with Crippen LogP contribution in [0.3, 0.4) is 0 Å². The van der Waals surface area contributed by atoms with E-state index in [2.05, 4.69) is 10.2 Å². The van der Waals surface area contributed by atoms with Crippen LogP contribution in [0.2, 0.25) is 0 Å². The molecule has 0 bridgehead atoms. The van der Waals surface area contributed by atoms with E-state index in [1.807, 2.05) is 0 Å². The molecule has 1 amide bonds. The number of piperidine rings is 1. The lowest BCUT2D eigenvalue weighted by atomic mass is 9.97. The third-order valence-electron chi connectivity index (χ3n) is 5.29. The van der Waals surface area contributed by atoms with Gasteiger partial charge in [-0.3, -0.25) is 4.79 Å². The summed E-state index contributed by atoms with van der Waals surface area (Å²) < 4.78 is 44.5. The molecule has 3 aromatic rings. The molecule has 1 fully saturated rings. The number of halogens is 2. The molecule has 1 aromatic heterocycles. The van der Waals surface area contributed by atoms with Crippen LogP contribution in [0.15, 0.2) is 40.8 Å². The highest BCUT2D eigenvalue weighted by atomic mass is 19.1. The second-order valence-electron chi connectivity index (χ2n) is 7.20. The van der Waals surface area contributed by atoms with Gasteiger partial charge in [0.05, 0.1) is 5.92 Å². The molecule has 0 spiro atoms. The first-order valence-electron chi connectivity index (χ1n) is 9.57. The molecular formula is C21H17F2N3O4. The SMILES string of the molecule is O=C(c1c(F)cccc1F)N1CCCC(c2nnc(-c3ccc4c(c3)OCO4)o2)C1. The molecule has 0 saturated carbocycles. The van der Waals surface area contributed by atoms with Gasteiger partial charge in [-0.1, -0.05) is 6.07 Å². The lowest BCUT2D eigenvalue weighted by molar-refractivity contribution is 0.0688. The quantitative estimate of drug-likeness (QED) is 0.651. The highest BCUT2D eigenvalue weighted by Gasteiger charge is 2.31. The molecule has 2 aromatic carbocycles. The van der Waals surface area contributed by atoms with Gasteiger partial charge in [0.25, 0.3) is 5.91 Å². The fourth-order valence-electron chi connectivity index (χ4n) is 3.77. The van der Waals surface area contributed by atoms with Gasteiger partial charge in [-0.2, -0.15) is 0 Å². The number of aromatic nitrogens is 2. The van der Waals surface area contributed by atoms with Gasteiger partial charge >= 0.3 is 0 Å². The topological polar surface area (TPSA) is 77.7 Å². The van der Waals surface area contributed by atoms with E-state index in [0.717, 1.165) is 18.6 Å². The largest absolute Gasteiger partial charge is 0.454 e. The summed E-state index contributed by atoms with van der Waals surface area (Å²) in [7, 11) is 0. The van der Waals surface area contributed by atoms with Crippen molar-refractivity contribution in [1.82, 2.24) is 15.1 Å². The number of hydrogen-bond donors (Lipinski definition) is 0. The number of carbonyl (C=O) groups excluding carboxylic acids is 1. The molecule has 0 radical (unpaired) electrons. The average Bonchev–Trinajstić information content (AvgIpc) is 3.43. The smallest absolute Gasteiger partial charge is 0.259 e. The van der Waals surface area contributed by atoms with E-state index >= 15 is 0 Å². The Kier molecular flexibility index (Phi) is 4.57. The van der Waals surface area contributed by atoms with Crippen LogP contribution in [0.25, 0.3) is 11.5 Å². The third-order valence-corrected chi connectivity index (χ3v) is 5.29. The zero-order chi connectivity index (χ0) is 20.7. The number of ether oxygens (including phenoxy) is 2. The van der Waals surface area contributed by atoms with Gasteiger partial charge in [-0.25, -0.2) is 8.78 Å². The summed E-state index contributed by atoms with van der Waals surface area (Å²) in [6, 6.07) is 8.71. The normalized spacial score (nSPS) is 17.9. The number of fused-ring (bicyclic) bond motifs is 1. The monoisotopic (exact) mass is 413 g/mol. The molecule has 30 heavy (non-hydrogen) atoms. The standard InChI is InChI=1S/C21H17F2N3O4/c22-14-4-1-5-15(23)18(14)21(27)26-8-2-3-13(10-26)20-25-24-19(30-20)12-6-7-16-17(9-12)29-11-28-16/h1,4-7,9,13H,2-3,8,10-11H2. The first-order chi connectivity index (χ1) is 14.6. The van der Waals surface area contributed by atoms with Crippen molar-refractivity contribution in [3.63, 3.8) is 0 Å². The minimum absolute atomic E-state index is 0.169. The van der Waals surface area contributed by atoms with Crippen LogP contribution >= 0.6 is 0 Å². The Bertz CT molecular complexity index is 1100. The average molecular weight is 413 g/mol. The number of amides is 1. The number of benzene rings is 2. The Morgan fingerprint density at radius 2 is 1.87 bits per heavy atom. The molecule has 0 N–H and O–H groups in total. The van der Waals surface area contributed by atoms with Crippen LogP contribution in [-0.4, -0.2) is 40.9 Å². The summed E-state index contributed by atoms with van der Waals surface area (Å²) in [5.41, 5.74) is 0.153. The van der Waals surface area contributed by atoms with Crippen LogP contribution in [0.1, 0.15) is 35.0 Å². The zero-order valence-electron chi connectivity index (χ0n) is 15.8. The molecule has 2 aliphatic rings. The van der Waals surface area contributed by atoms with Crippen molar-refractivity contribution in [3.05, 3.63) is 59.5 Å². The minimum Gasteiger partial charge on any atom is -0.454 e. The molecular weight excluding hydrogens is 396 g/mol. The Morgan fingerprint density at radius 1 is 1.07 bits per heavy atom. The van der Waals surface area contributed by atoms with Crippen LogP contribution < -0.4 is 9.47 Å². The van der Waals surface area contributed by atoms with Gasteiger partial charge in [-0.15, -0.1) is 10.2 Å². The first kappa shape index (κ1) is 18.5. The molecule has 3 heterocycles. The van der Waals surface area contributed by atoms with Gasteiger partial charge in [0, 0.05) is 18.7 Å². The molecule has 2 aliphatic heterocycles. The van der Waals surface area contributed by atoms with Gasteiger partial charge < -0.3 is 18.8 Å². The minimum atomic E-state index is -0.870. The summed E-state index contributed by atoms with van der Waals surface area (Å²) in [5, 5.41) is 8.24. The van der Waals surface area contributed by atoms with Crippen molar-refractivity contribution in [1.29, 1.82) is 0 Å². The molecule has 1 unspecified atom stereocenters. The first-order valence-corrected chi connectivity index (χ1v) is 9.57. The molecule has 9 heteroatoms. The maximum absolute atomic E-state index is 14.0. The molecule has 1 saturated heterocycles. The Balaban J connectivity index is 1.35. The zero-order valence-corrected chi connectivity index (χ0v) is 15.8. The number of rotatable bonds is 3. The van der Waals surface area contributed by atoms with Crippen molar-refractivity contribution in [2.24, 2.45) is 0 Å². The molecule has 5 rings (SSSR count). The van der Waals surface area contributed by atoms with Gasteiger partial charge in [0.1, 0.15) is 17.2 Å². The third kappa shape index (κ3) is 3.26. The Labute approximate surface area is 170 Å². The van der Waals surface area contributed by atoms with E-state index in [1.54, 1.807) is 18.2 Å². The number of hydrogen-bond acceptors (Lipinski definition) is 6. The number of nitrogens with zero attached hydrogens (tertiary/aromatic N) is 3. The van der Waals surface area contributed by atoms with Crippen molar-refractivity contribution in [2.45, 2.75) is 18.8 Å². The van der Waals surface area contributed by atoms with Gasteiger partial charge in [-0.05, 0) is 43.2 Å². The van der Waals surface area contributed by atoms with E-state index in [9.17, 15) is 13.6 Å². The van der Waals surface area contributed by atoms with Crippen LogP contribution in [-0.2, 0) is 0 Å². The molecule has 7 nitrogen and oxygen atoms in total. The summed E-state index contributed by atoms with van der Waals surface area (Å²) in [6.45, 7) is 0.823. The summed E-state index contributed by atoms with van der Waals surface area (Å²) in [6.07, 6.45) is 1.39. The Morgan fingerprint density at radius 3 is 2.70 bits per heavy atom. The maximum atomic E-state index is 14.0. The molecule has 1 atom stereocenters. The fourth-order valence-corrected chi connectivity index (χ4v) is 3.77. The van der Waals surface area contributed by atoms with Crippen LogP contribution in [0.5, 0.6) is 11.5 Å². The van der Waals surface area contributed by atoms with E-state index in [0.29, 0.717) is 41.8 Å². The van der Waals surface area contributed by atoms with Gasteiger partial charge in [0.15, 0.2) is 11.5 Å². The number of carbonyl (C=O) groups is 1. The van der Waals surface area contributed by atoms with E-state index < -0.39 is 23.1 Å². The predicted octanol–water partition coefficient (Wildman–Crippen LogP) is 3.76. The summed E-state index contributed by atoms with van der Waals surface area (Å²) >= 11 is 0. The van der Waals surface area contributed by atoms with Crippen molar-refractivity contribution < 1.29 is 27.5 Å². The maximum Gasteiger partial charge on any atom is 0.259 e. The second kappa shape index (κ2) is 7.40. The summed E-state index contributed by atoms with van der Waals surface area (Å²) in [4.78, 5) is 14.1. The second-order valence-corrected chi connectivity index (χ2v) is 7.20. The highest BCUT2D eigenvalue weighted by molar-refractivity contribution is 5.94. The number of likely N-dealkylation sites (tertiary alicyclic amines) is 1. The van der Waals surface area contributed by atoms with E-state index in [1.165, 1.54) is 11.0 Å². The fraction of sp³-hybridized carbons (Fsp3) is 0.286. The molecule has 154 valence electrons. The van der Waals surface area contributed by atoms with Crippen molar-refractivity contribution in [2.75, 3.05) is 19.9 Å². The molecule has 0 aliphatic carbocycles. The lowest BCUT2D eigenvalue weighted by Gasteiger charge is -2.31. The van der Waals surface area contributed by atoms with Crippen LogP contribution in [0, 0.1) is 11.6 Å². The predicted molar refractivity (Wildman–Crippen MR) is 100 cm³/mol. The Hall–Kier alpha value is -3.49. The van der Waals surface area contributed by atoms with Crippen molar-refractivity contribution >= 4 is 5.91 Å². The van der Waals surface area contributed by atoms with E-state index in [-0.39, 0.29) is 19.3 Å².